The molecule has 0 aliphatic heterocycles. The van der Waals surface area contributed by atoms with Crippen LogP contribution >= 0.6 is 11.3 Å². The molecule has 0 saturated heterocycles. The molecule has 0 radical (unpaired) electrons. The number of aryl methyl sites for hydroxylation is 1. The van der Waals surface area contributed by atoms with Gasteiger partial charge in [-0.1, -0.05) is 111 Å². The van der Waals surface area contributed by atoms with Crippen molar-refractivity contribution < 1.29 is 0 Å². The second kappa shape index (κ2) is 10.9. The van der Waals surface area contributed by atoms with Crippen LogP contribution in [0.15, 0.2) is 152 Å². The monoisotopic (exact) mass is 708 g/mol. The lowest BCUT2D eigenvalue weighted by atomic mass is 9.82. The molecular formula is C51H36N2S. The van der Waals surface area contributed by atoms with Gasteiger partial charge in [-0.15, -0.1) is 11.3 Å². The summed E-state index contributed by atoms with van der Waals surface area (Å²) in [4.78, 5) is 1.42. The summed E-state index contributed by atoms with van der Waals surface area (Å²) in [6, 6.07) is 54.6. The van der Waals surface area contributed by atoms with Crippen molar-refractivity contribution in [2.75, 3.05) is 0 Å². The van der Waals surface area contributed by atoms with Gasteiger partial charge in [0.15, 0.2) is 0 Å². The van der Waals surface area contributed by atoms with Gasteiger partial charge in [0.1, 0.15) is 0 Å². The zero-order valence-corrected chi connectivity index (χ0v) is 31.0. The molecule has 54 heavy (non-hydrogen) atoms. The Morgan fingerprint density at radius 1 is 0.519 bits per heavy atom. The Balaban J connectivity index is 1.02. The van der Waals surface area contributed by atoms with Crippen LogP contribution in [-0.4, -0.2) is 9.13 Å². The zero-order valence-electron chi connectivity index (χ0n) is 30.2. The molecule has 2 nitrogen and oxygen atoms in total. The van der Waals surface area contributed by atoms with Gasteiger partial charge in [0.2, 0.25) is 0 Å². The van der Waals surface area contributed by atoms with Crippen LogP contribution in [0.4, 0.5) is 0 Å². The smallest absolute Gasteiger partial charge is 0.0719 e. The molecule has 2 aliphatic carbocycles. The molecule has 0 amide bonds. The fourth-order valence-electron chi connectivity index (χ4n) is 9.82. The maximum atomic E-state index is 2.55. The maximum Gasteiger partial charge on any atom is 0.0719 e. The Hall–Kier alpha value is -6.16. The van der Waals surface area contributed by atoms with Crippen molar-refractivity contribution in [2.45, 2.75) is 32.1 Å². The predicted molar refractivity (Wildman–Crippen MR) is 231 cm³/mol. The van der Waals surface area contributed by atoms with Gasteiger partial charge in [0.25, 0.3) is 0 Å². The Morgan fingerprint density at radius 3 is 2.07 bits per heavy atom. The summed E-state index contributed by atoms with van der Waals surface area (Å²) in [6.45, 7) is 4.80. The summed E-state index contributed by atoms with van der Waals surface area (Å²) >= 11 is 1.96. The summed E-state index contributed by atoms with van der Waals surface area (Å²) < 4.78 is 6.33. The number of thiophene rings is 1. The summed E-state index contributed by atoms with van der Waals surface area (Å²) in [5.41, 5.74) is 16.8. The standard InChI is InChI=1S/C51H36N2S/c1-51(2)43-26-20-31(32-21-27-47-42(29-32)37-15-7-9-17-45(37)52(47)33-12-4-3-5-13-33)28-41(43)35-23-22-34(30-44(35)51)53-46-18-10-6-14-36(46)39-24-25-40-38-16-8-11-19-48(38)54-50(40)49(39)53/h3-7,9-15,17-30H,8,16H2,1-2H3. The molecule has 10 aromatic rings. The molecule has 12 rings (SSSR count). The Labute approximate surface area is 317 Å². The van der Waals surface area contributed by atoms with Crippen molar-refractivity contribution in [1.82, 2.24) is 9.13 Å². The number of hydrogen-bond donors (Lipinski definition) is 0. The lowest BCUT2D eigenvalue weighted by Crippen LogP contribution is -2.15. The minimum absolute atomic E-state index is 0.132. The number of benzene rings is 7. The van der Waals surface area contributed by atoms with Crippen LogP contribution in [0, 0.1) is 0 Å². The average molecular weight is 709 g/mol. The van der Waals surface area contributed by atoms with Crippen LogP contribution in [0.5, 0.6) is 0 Å². The number of fused-ring (bicyclic) bond motifs is 13. The largest absolute Gasteiger partial charge is 0.309 e. The second-order valence-electron chi connectivity index (χ2n) is 15.6. The van der Waals surface area contributed by atoms with Crippen LogP contribution in [0.1, 0.15) is 41.8 Å². The van der Waals surface area contributed by atoms with Gasteiger partial charge in [-0.3, -0.25) is 0 Å². The van der Waals surface area contributed by atoms with E-state index in [2.05, 4.69) is 181 Å². The number of rotatable bonds is 3. The molecule has 7 aromatic carbocycles. The second-order valence-corrected chi connectivity index (χ2v) is 16.7. The van der Waals surface area contributed by atoms with Crippen LogP contribution in [0.2, 0.25) is 0 Å². The van der Waals surface area contributed by atoms with Gasteiger partial charge < -0.3 is 9.13 Å². The first-order valence-corrected chi connectivity index (χ1v) is 19.9. The summed E-state index contributed by atoms with van der Waals surface area (Å²) in [7, 11) is 0. The maximum absolute atomic E-state index is 2.55. The molecule has 0 N–H and O–H groups in total. The molecule has 3 heteroatoms. The van der Waals surface area contributed by atoms with E-state index in [1.807, 2.05) is 11.3 Å². The highest BCUT2D eigenvalue weighted by molar-refractivity contribution is 7.21. The van der Waals surface area contributed by atoms with E-state index in [1.54, 1.807) is 0 Å². The van der Waals surface area contributed by atoms with Crippen LogP contribution in [0.25, 0.3) is 93.4 Å². The van der Waals surface area contributed by atoms with Gasteiger partial charge in [0.05, 0.1) is 26.8 Å². The lowest BCUT2D eigenvalue weighted by molar-refractivity contribution is 0.660. The van der Waals surface area contributed by atoms with E-state index in [0.717, 1.165) is 12.8 Å². The van der Waals surface area contributed by atoms with E-state index in [0.29, 0.717) is 0 Å². The number of para-hydroxylation sites is 3. The molecule has 0 fully saturated rings. The molecule has 256 valence electrons. The fourth-order valence-corrected chi connectivity index (χ4v) is 11.1. The lowest BCUT2D eigenvalue weighted by Gasteiger charge is -2.22. The normalized spacial score (nSPS) is 14.4. The number of hydrogen-bond acceptors (Lipinski definition) is 1. The molecular weight excluding hydrogens is 673 g/mol. The Morgan fingerprint density at radius 2 is 1.22 bits per heavy atom. The third kappa shape index (κ3) is 4.05. The van der Waals surface area contributed by atoms with Gasteiger partial charge in [-0.25, -0.2) is 0 Å². The van der Waals surface area contributed by atoms with Crippen LogP contribution in [0.3, 0.4) is 0 Å². The molecule has 3 heterocycles. The molecule has 0 atom stereocenters. The fraction of sp³-hybridized carbons (Fsp3) is 0.0980. The van der Waals surface area contributed by atoms with Crippen molar-refractivity contribution >= 4 is 71.1 Å². The van der Waals surface area contributed by atoms with E-state index in [4.69, 9.17) is 0 Å². The third-order valence-electron chi connectivity index (χ3n) is 12.4. The first kappa shape index (κ1) is 30.3. The van der Waals surface area contributed by atoms with Crippen molar-refractivity contribution in [1.29, 1.82) is 0 Å². The molecule has 0 bridgehead atoms. The molecule has 0 spiro atoms. The molecule has 3 aromatic heterocycles. The van der Waals surface area contributed by atoms with Crippen molar-refractivity contribution in [3.8, 4) is 33.6 Å². The Kier molecular flexibility index (Phi) is 6.14. The predicted octanol–water partition coefficient (Wildman–Crippen LogP) is 14.0. The molecule has 0 saturated carbocycles. The highest BCUT2D eigenvalue weighted by Crippen LogP contribution is 2.51. The van der Waals surface area contributed by atoms with Crippen molar-refractivity contribution in [3.63, 3.8) is 0 Å². The zero-order chi connectivity index (χ0) is 35.7. The van der Waals surface area contributed by atoms with Gasteiger partial charge >= 0.3 is 0 Å². The van der Waals surface area contributed by atoms with Crippen LogP contribution < -0.4 is 0 Å². The quantitative estimate of drug-likeness (QED) is 0.173. The number of nitrogens with zero attached hydrogens (tertiary/aromatic N) is 2. The van der Waals surface area contributed by atoms with Crippen molar-refractivity contribution in [3.05, 3.63) is 173 Å². The van der Waals surface area contributed by atoms with E-state index in [1.165, 1.54) is 109 Å². The Bertz CT molecular complexity index is 3240. The van der Waals surface area contributed by atoms with E-state index >= 15 is 0 Å². The van der Waals surface area contributed by atoms with E-state index < -0.39 is 0 Å². The number of allylic oxidation sites excluding steroid dienone is 1. The topological polar surface area (TPSA) is 9.86 Å². The van der Waals surface area contributed by atoms with Gasteiger partial charge in [-0.2, -0.15) is 0 Å². The summed E-state index contributed by atoms with van der Waals surface area (Å²) in [5.74, 6) is 0. The van der Waals surface area contributed by atoms with Gasteiger partial charge in [-0.05, 0) is 118 Å². The van der Waals surface area contributed by atoms with Crippen LogP contribution in [-0.2, 0) is 11.8 Å². The minimum Gasteiger partial charge on any atom is -0.309 e. The molecule has 0 unspecified atom stereocenters. The first-order valence-electron chi connectivity index (χ1n) is 19.1. The van der Waals surface area contributed by atoms with E-state index in [-0.39, 0.29) is 5.41 Å². The highest BCUT2D eigenvalue weighted by Gasteiger charge is 2.36. The molecule has 2 aliphatic rings. The third-order valence-corrected chi connectivity index (χ3v) is 13.6. The minimum atomic E-state index is -0.132. The number of aromatic nitrogens is 2. The average Bonchev–Trinajstić information content (AvgIpc) is 3.93. The highest BCUT2D eigenvalue weighted by atomic mass is 32.1. The summed E-state index contributed by atoms with van der Waals surface area (Å²) in [5, 5.41) is 6.62. The van der Waals surface area contributed by atoms with E-state index in [9.17, 15) is 0 Å². The SMILES string of the molecule is CC1(C)c2ccc(-c3ccc4c(c3)c3ccccc3n4-c3ccccc3)cc2-c2ccc(-n3c4ccccc4c4ccc5c6c(sc5c43)C=CCC6)cc21. The van der Waals surface area contributed by atoms with Gasteiger partial charge in [0, 0.05) is 43.2 Å². The van der Waals surface area contributed by atoms with Crippen molar-refractivity contribution in [2.24, 2.45) is 0 Å². The first-order chi connectivity index (χ1) is 26.5. The summed E-state index contributed by atoms with van der Waals surface area (Å²) in [6.07, 6.45) is 6.91.